The van der Waals surface area contributed by atoms with Crippen LogP contribution in [0.15, 0.2) is 62.5 Å². The number of rotatable bonds is 2. The normalized spacial score (nSPS) is 10.9. The van der Waals surface area contributed by atoms with Crippen molar-refractivity contribution in [3.8, 4) is 0 Å². The molecule has 3 rings (SSSR count). The summed E-state index contributed by atoms with van der Waals surface area (Å²) in [5, 5.41) is 1.07. The minimum atomic E-state index is -0.0471. The number of para-hydroxylation sites is 1. The molecule has 0 N–H and O–H groups in total. The van der Waals surface area contributed by atoms with Crippen molar-refractivity contribution in [3.05, 3.63) is 73.7 Å². The van der Waals surface area contributed by atoms with Gasteiger partial charge in [0.1, 0.15) is 0 Å². The molecule has 0 fully saturated rings. The fourth-order valence-corrected chi connectivity index (χ4v) is 3.42. The third kappa shape index (κ3) is 2.55. The molecule has 5 heteroatoms. The van der Waals surface area contributed by atoms with Gasteiger partial charge in [-0.15, -0.1) is 0 Å². The molecular formula is C15H10Br2N2O. The van der Waals surface area contributed by atoms with Crippen molar-refractivity contribution in [3.63, 3.8) is 0 Å². The lowest BCUT2D eigenvalue weighted by Gasteiger charge is -2.09. The highest BCUT2D eigenvalue weighted by molar-refractivity contribution is 9.11. The van der Waals surface area contributed by atoms with Crippen LogP contribution in [-0.2, 0) is 6.54 Å². The second-order valence-electron chi connectivity index (χ2n) is 4.43. The first kappa shape index (κ1) is 13.5. The summed E-state index contributed by atoms with van der Waals surface area (Å²) in [7, 11) is 0. The van der Waals surface area contributed by atoms with Crippen LogP contribution in [0.2, 0.25) is 0 Å². The molecule has 3 nitrogen and oxygen atoms in total. The van der Waals surface area contributed by atoms with Gasteiger partial charge >= 0.3 is 0 Å². The van der Waals surface area contributed by atoms with Gasteiger partial charge in [-0.05, 0) is 55.6 Å². The number of pyridine rings is 2. The van der Waals surface area contributed by atoms with Gasteiger partial charge in [-0.25, -0.2) is 0 Å². The van der Waals surface area contributed by atoms with E-state index >= 15 is 0 Å². The van der Waals surface area contributed by atoms with Crippen LogP contribution in [0.5, 0.6) is 0 Å². The highest BCUT2D eigenvalue weighted by Crippen LogP contribution is 2.18. The molecule has 0 amide bonds. The van der Waals surface area contributed by atoms with Crippen LogP contribution >= 0.6 is 31.9 Å². The summed E-state index contributed by atoms with van der Waals surface area (Å²) in [5.41, 5.74) is 1.96. The van der Waals surface area contributed by atoms with Crippen molar-refractivity contribution in [2.24, 2.45) is 0 Å². The van der Waals surface area contributed by atoms with Gasteiger partial charge in [0, 0.05) is 22.3 Å². The van der Waals surface area contributed by atoms with Crippen molar-refractivity contribution in [1.82, 2.24) is 9.55 Å². The van der Waals surface area contributed by atoms with E-state index in [0.29, 0.717) is 11.0 Å². The summed E-state index contributed by atoms with van der Waals surface area (Å²) in [5.74, 6) is 0. The quantitative estimate of drug-likeness (QED) is 0.660. The van der Waals surface area contributed by atoms with Crippen LogP contribution in [-0.4, -0.2) is 9.55 Å². The molecule has 1 aromatic carbocycles. The minimum absolute atomic E-state index is 0.0471. The number of benzene rings is 1. The maximum absolute atomic E-state index is 12.1. The molecule has 3 aromatic rings. The number of halogens is 2. The van der Waals surface area contributed by atoms with E-state index in [1.54, 1.807) is 23.0 Å². The fourth-order valence-electron chi connectivity index (χ4n) is 2.16. The van der Waals surface area contributed by atoms with Crippen LogP contribution in [0.25, 0.3) is 10.9 Å². The summed E-state index contributed by atoms with van der Waals surface area (Å²) in [4.78, 5) is 16.5. The second-order valence-corrected chi connectivity index (χ2v) is 6.20. The van der Waals surface area contributed by atoms with Gasteiger partial charge in [0.15, 0.2) is 0 Å². The zero-order valence-electron chi connectivity index (χ0n) is 10.4. The maximum Gasteiger partial charge on any atom is 0.265 e. The average molecular weight is 394 g/mol. The van der Waals surface area contributed by atoms with Gasteiger partial charge in [0.2, 0.25) is 0 Å². The SMILES string of the molecule is O=c1c(Br)cc(Br)cn1Cc1ccnc2ccccc12. The Morgan fingerprint density at radius 1 is 1.15 bits per heavy atom. The number of aromatic nitrogens is 2. The predicted molar refractivity (Wildman–Crippen MR) is 86.9 cm³/mol. The van der Waals surface area contributed by atoms with Crippen molar-refractivity contribution in [2.75, 3.05) is 0 Å². The highest BCUT2D eigenvalue weighted by Gasteiger charge is 2.06. The Balaban J connectivity index is 2.13. The molecule has 0 saturated carbocycles. The predicted octanol–water partition coefficient (Wildman–Crippen LogP) is 3.97. The Hall–Kier alpha value is -1.46. The zero-order chi connectivity index (χ0) is 14.1. The Kier molecular flexibility index (Phi) is 3.72. The van der Waals surface area contributed by atoms with E-state index < -0.39 is 0 Å². The van der Waals surface area contributed by atoms with Crippen LogP contribution < -0.4 is 5.56 Å². The van der Waals surface area contributed by atoms with Crippen LogP contribution in [0.4, 0.5) is 0 Å². The van der Waals surface area contributed by atoms with Gasteiger partial charge in [0.05, 0.1) is 16.5 Å². The molecule has 2 heterocycles. The van der Waals surface area contributed by atoms with Crippen molar-refractivity contribution >= 4 is 42.8 Å². The molecule has 0 radical (unpaired) electrons. The Morgan fingerprint density at radius 2 is 1.95 bits per heavy atom. The smallest absolute Gasteiger partial charge is 0.265 e. The maximum atomic E-state index is 12.1. The van der Waals surface area contributed by atoms with E-state index in [1.165, 1.54) is 0 Å². The Bertz CT molecular complexity index is 837. The molecule has 2 aromatic heterocycles. The lowest BCUT2D eigenvalue weighted by molar-refractivity contribution is 0.755. The molecule has 0 aliphatic rings. The van der Waals surface area contributed by atoms with Crippen molar-refractivity contribution < 1.29 is 0 Å². The monoisotopic (exact) mass is 392 g/mol. The van der Waals surface area contributed by atoms with Crippen LogP contribution in [0.3, 0.4) is 0 Å². The molecule has 0 saturated heterocycles. The van der Waals surface area contributed by atoms with Gasteiger partial charge in [0.25, 0.3) is 5.56 Å². The number of fused-ring (bicyclic) bond motifs is 1. The van der Waals surface area contributed by atoms with Gasteiger partial charge in [-0.3, -0.25) is 9.78 Å². The minimum Gasteiger partial charge on any atom is -0.309 e. The molecule has 0 spiro atoms. The first-order valence-corrected chi connectivity index (χ1v) is 7.62. The lowest BCUT2D eigenvalue weighted by Crippen LogP contribution is -2.20. The third-order valence-corrected chi connectivity index (χ3v) is 4.09. The highest BCUT2D eigenvalue weighted by atomic mass is 79.9. The zero-order valence-corrected chi connectivity index (χ0v) is 13.6. The molecule has 0 atom stereocenters. The number of hydrogen-bond acceptors (Lipinski definition) is 2. The Labute approximate surface area is 132 Å². The lowest BCUT2D eigenvalue weighted by atomic mass is 10.1. The van der Waals surface area contributed by atoms with E-state index in [9.17, 15) is 4.79 Å². The molecule has 100 valence electrons. The van der Waals surface area contributed by atoms with Crippen LogP contribution in [0, 0.1) is 0 Å². The van der Waals surface area contributed by atoms with E-state index in [-0.39, 0.29) is 5.56 Å². The summed E-state index contributed by atoms with van der Waals surface area (Å²) in [6.45, 7) is 0.514. The number of nitrogens with zero attached hydrogens (tertiary/aromatic N) is 2. The fraction of sp³-hybridized carbons (Fsp3) is 0.0667. The largest absolute Gasteiger partial charge is 0.309 e. The summed E-state index contributed by atoms with van der Waals surface area (Å²) < 4.78 is 3.09. The van der Waals surface area contributed by atoms with Crippen LogP contribution in [0.1, 0.15) is 5.56 Å². The molecule has 0 aliphatic carbocycles. The molecule has 20 heavy (non-hydrogen) atoms. The number of hydrogen-bond donors (Lipinski definition) is 0. The molecular weight excluding hydrogens is 384 g/mol. The molecule has 0 unspecified atom stereocenters. The van der Waals surface area contributed by atoms with E-state index in [1.807, 2.05) is 30.3 Å². The van der Waals surface area contributed by atoms with E-state index in [4.69, 9.17) is 0 Å². The first-order valence-electron chi connectivity index (χ1n) is 6.03. The average Bonchev–Trinajstić information content (AvgIpc) is 2.44. The van der Waals surface area contributed by atoms with Gasteiger partial charge in [-0.2, -0.15) is 0 Å². The topological polar surface area (TPSA) is 34.9 Å². The molecule has 0 aliphatic heterocycles. The first-order chi connectivity index (χ1) is 9.65. The van der Waals surface area contributed by atoms with E-state index in [0.717, 1.165) is 20.9 Å². The van der Waals surface area contributed by atoms with Gasteiger partial charge < -0.3 is 4.57 Å². The van der Waals surface area contributed by atoms with Crippen molar-refractivity contribution in [1.29, 1.82) is 0 Å². The standard InChI is InChI=1S/C15H10Br2N2O/c16-11-7-13(17)15(20)19(9-11)8-10-5-6-18-14-4-2-1-3-12(10)14/h1-7,9H,8H2. The second kappa shape index (κ2) is 5.50. The third-order valence-electron chi connectivity index (χ3n) is 3.09. The summed E-state index contributed by atoms with van der Waals surface area (Å²) in [6.07, 6.45) is 3.57. The summed E-state index contributed by atoms with van der Waals surface area (Å²) >= 11 is 6.69. The summed E-state index contributed by atoms with van der Waals surface area (Å²) in [6, 6.07) is 11.6. The van der Waals surface area contributed by atoms with E-state index in [2.05, 4.69) is 36.8 Å². The van der Waals surface area contributed by atoms with Gasteiger partial charge in [-0.1, -0.05) is 18.2 Å². The molecule has 0 bridgehead atoms. The Morgan fingerprint density at radius 3 is 2.80 bits per heavy atom. The van der Waals surface area contributed by atoms with Crippen molar-refractivity contribution in [2.45, 2.75) is 6.54 Å².